The van der Waals surface area contributed by atoms with Gasteiger partial charge in [0.05, 0.1) is 16.2 Å². The van der Waals surface area contributed by atoms with Crippen molar-refractivity contribution in [3.05, 3.63) is 40.0 Å². The minimum absolute atomic E-state index is 0.127. The number of para-hydroxylation sites is 1. The molecule has 2 aromatic rings. The number of H-pyrrole nitrogens is 1. The van der Waals surface area contributed by atoms with Gasteiger partial charge in [0.15, 0.2) is 0 Å². The Balaban J connectivity index is 1.69. The number of benzene rings is 1. The molecular formula is C12H12Cl2N2O2S2. The van der Waals surface area contributed by atoms with E-state index in [0.29, 0.717) is 34.8 Å². The zero-order valence-corrected chi connectivity index (χ0v) is 13.5. The summed E-state index contributed by atoms with van der Waals surface area (Å²) in [5.74, 6) is 2.53. The number of hydrogen-bond acceptors (Lipinski definition) is 5. The van der Waals surface area contributed by atoms with Gasteiger partial charge in [-0.05, 0) is 24.4 Å². The van der Waals surface area contributed by atoms with Crippen LogP contribution in [0.15, 0.2) is 28.7 Å². The van der Waals surface area contributed by atoms with E-state index in [-0.39, 0.29) is 10.2 Å². The first kappa shape index (κ1) is 15.7. The quantitative estimate of drug-likeness (QED) is 0.595. The van der Waals surface area contributed by atoms with E-state index in [0.717, 1.165) is 0 Å². The average molecular weight is 351 g/mol. The van der Waals surface area contributed by atoms with Crippen LogP contribution in [0.5, 0.6) is 5.75 Å². The molecule has 0 fully saturated rings. The van der Waals surface area contributed by atoms with Crippen molar-refractivity contribution in [1.82, 2.24) is 10.2 Å². The van der Waals surface area contributed by atoms with E-state index in [4.69, 9.17) is 44.6 Å². The summed E-state index contributed by atoms with van der Waals surface area (Å²) in [5, 5.41) is 6.94. The highest BCUT2D eigenvalue weighted by Crippen LogP contribution is 2.24. The summed E-state index contributed by atoms with van der Waals surface area (Å²) in [4.78, 5) is 0.282. The second-order valence-electron chi connectivity index (χ2n) is 3.86. The molecule has 0 amide bonds. The Morgan fingerprint density at radius 3 is 2.95 bits per heavy atom. The van der Waals surface area contributed by atoms with Gasteiger partial charge in [0.2, 0.25) is 5.89 Å². The summed E-state index contributed by atoms with van der Waals surface area (Å²) < 4.78 is 10.7. The van der Waals surface area contributed by atoms with E-state index >= 15 is 0 Å². The number of nitrogens with one attached hydrogen (secondary N) is 1. The fraction of sp³-hybridized carbons (Fsp3) is 0.333. The lowest BCUT2D eigenvalue weighted by Gasteiger charge is -2.11. The SMILES string of the molecule is S=c1[nH]nc(CSCC(Cl)COc2ccccc2Cl)o1. The number of rotatable bonds is 7. The Kier molecular flexibility index (Phi) is 6.22. The molecule has 1 aromatic heterocycles. The van der Waals surface area contributed by atoms with Gasteiger partial charge in [0.1, 0.15) is 12.4 Å². The van der Waals surface area contributed by atoms with Crippen molar-refractivity contribution < 1.29 is 9.15 Å². The van der Waals surface area contributed by atoms with Crippen molar-refractivity contribution in [3.8, 4) is 5.75 Å². The molecule has 0 aliphatic rings. The summed E-state index contributed by atoms with van der Waals surface area (Å²) >= 11 is 18.6. The molecule has 0 saturated carbocycles. The third kappa shape index (κ3) is 5.01. The molecule has 0 aliphatic carbocycles. The second kappa shape index (κ2) is 7.93. The molecule has 1 N–H and O–H groups in total. The predicted molar refractivity (Wildman–Crippen MR) is 84.4 cm³/mol. The molecule has 108 valence electrons. The Hall–Kier alpha value is -0.690. The van der Waals surface area contributed by atoms with Gasteiger partial charge < -0.3 is 9.15 Å². The Bertz CT molecular complexity index is 603. The van der Waals surface area contributed by atoms with E-state index in [2.05, 4.69) is 10.2 Å². The highest BCUT2D eigenvalue weighted by molar-refractivity contribution is 7.98. The first-order chi connectivity index (χ1) is 9.65. The molecule has 0 bridgehead atoms. The molecule has 0 saturated heterocycles. The summed E-state index contributed by atoms with van der Waals surface area (Å²) in [6.07, 6.45) is 0. The largest absolute Gasteiger partial charge is 0.490 e. The fourth-order valence-corrected chi connectivity index (χ4v) is 2.82. The number of nitrogens with zero attached hydrogens (tertiary/aromatic N) is 1. The van der Waals surface area contributed by atoms with E-state index in [1.165, 1.54) is 0 Å². The van der Waals surface area contributed by atoms with Crippen LogP contribution in [-0.4, -0.2) is 27.9 Å². The lowest BCUT2D eigenvalue weighted by Crippen LogP contribution is -2.14. The molecule has 20 heavy (non-hydrogen) atoms. The molecule has 4 nitrogen and oxygen atoms in total. The van der Waals surface area contributed by atoms with Gasteiger partial charge in [0.25, 0.3) is 4.84 Å². The van der Waals surface area contributed by atoms with Gasteiger partial charge in [-0.1, -0.05) is 23.7 Å². The maximum atomic E-state index is 6.19. The summed E-state index contributed by atoms with van der Waals surface area (Å²) in [5.41, 5.74) is 0. The molecule has 0 aliphatic heterocycles. The van der Waals surface area contributed by atoms with Crippen LogP contribution in [0.25, 0.3) is 0 Å². The van der Waals surface area contributed by atoms with Gasteiger partial charge in [0, 0.05) is 5.75 Å². The topological polar surface area (TPSA) is 51.0 Å². The number of alkyl halides is 1. The van der Waals surface area contributed by atoms with Gasteiger partial charge in [-0.25, -0.2) is 5.10 Å². The average Bonchev–Trinajstić information content (AvgIpc) is 2.83. The zero-order valence-electron chi connectivity index (χ0n) is 10.3. The molecule has 0 radical (unpaired) electrons. The van der Waals surface area contributed by atoms with Crippen LogP contribution in [0.2, 0.25) is 5.02 Å². The predicted octanol–water partition coefficient (Wildman–Crippen LogP) is 4.31. The van der Waals surface area contributed by atoms with Crippen molar-refractivity contribution in [1.29, 1.82) is 0 Å². The number of aromatic nitrogens is 2. The Morgan fingerprint density at radius 1 is 1.45 bits per heavy atom. The number of thioether (sulfide) groups is 1. The molecule has 0 spiro atoms. The first-order valence-corrected chi connectivity index (χ1v) is 8.16. The summed E-state index contributed by atoms with van der Waals surface area (Å²) in [6, 6.07) is 7.31. The monoisotopic (exact) mass is 350 g/mol. The Morgan fingerprint density at radius 2 is 2.25 bits per heavy atom. The fourth-order valence-electron chi connectivity index (χ4n) is 1.39. The molecule has 2 rings (SSSR count). The number of ether oxygens (including phenoxy) is 1. The van der Waals surface area contributed by atoms with Crippen LogP contribution in [0.1, 0.15) is 5.89 Å². The molecular weight excluding hydrogens is 339 g/mol. The van der Waals surface area contributed by atoms with Gasteiger partial charge in [-0.2, -0.15) is 11.8 Å². The van der Waals surface area contributed by atoms with Crippen LogP contribution < -0.4 is 4.74 Å². The molecule has 1 unspecified atom stereocenters. The lowest BCUT2D eigenvalue weighted by atomic mass is 10.3. The molecule has 8 heteroatoms. The minimum atomic E-state index is -0.127. The smallest absolute Gasteiger partial charge is 0.284 e. The van der Waals surface area contributed by atoms with Gasteiger partial charge in [-0.15, -0.1) is 16.7 Å². The number of aromatic amines is 1. The summed E-state index contributed by atoms with van der Waals surface area (Å²) in [6.45, 7) is 0.391. The van der Waals surface area contributed by atoms with Crippen LogP contribution in [0, 0.1) is 4.84 Å². The normalized spacial score (nSPS) is 12.3. The maximum absolute atomic E-state index is 6.19. The van der Waals surface area contributed by atoms with E-state index < -0.39 is 0 Å². The van der Waals surface area contributed by atoms with Crippen LogP contribution >= 0.6 is 47.2 Å². The number of halogens is 2. The molecule has 1 heterocycles. The van der Waals surface area contributed by atoms with E-state index in [9.17, 15) is 0 Å². The van der Waals surface area contributed by atoms with Crippen molar-refractivity contribution in [3.63, 3.8) is 0 Å². The van der Waals surface area contributed by atoms with Crippen LogP contribution in [0.4, 0.5) is 0 Å². The summed E-state index contributed by atoms with van der Waals surface area (Å²) in [7, 11) is 0. The van der Waals surface area contributed by atoms with Crippen molar-refractivity contribution >= 4 is 47.2 Å². The van der Waals surface area contributed by atoms with E-state index in [1.54, 1.807) is 17.8 Å². The van der Waals surface area contributed by atoms with Gasteiger partial charge in [-0.3, -0.25) is 0 Å². The molecule has 1 atom stereocenters. The zero-order chi connectivity index (χ0) is 14.4. The molecule has 1 aromatic carbocycles. The highest BCUT2D eigenvalue weighted by atomic mass is 35.5. The van der Waals surface area contributed by atoms with Crippen LogP contribution in [0.3, 0.4) is 0 Å². The minimum Gasteiger partial charge on any atom is -0.490 e. The third-order valence-electron chi connectivity index (χ3n) is 2.26. The standard InChI is InChI=1S/C12H12Cl2N2O2S2/c13-8(5-17-10-4-2-1-3-9(10)14)6-20-7-11-15-16-12(19)18-11/h1-4,8H,5-7H2,(H,16,19). The third-order valence-corrected chi connectivity index (χ3v) is 4.30. The lowest BCUT2D eigenvalue weighted by molar-refractivity contribution is 0.321. The Labute approximate surface area is 135 Å². The maximum Gasteiger partial charge on any atom is 0.284 e. The highest BCUT2D eigenvalue weighted by Gasteiger charge is 2.09. The van der Waals surface area contributed by atoms with E-state index in [1.807, 2.05) is 18.2 Å². The van der Waals surface area contributed by atoms with Crippen molar-refractivity contribution in [2.45, 2.75) is 11.1 Å². The second-order valence-corrected chi connectivity index (χ2v) is 6.29. The van der Waals surface area contributed by atoms with Crippen molar-refractivity contribution in [2.75, 3.05) is 12.4 Å². The first-order valence-electron chi connectivity index (χ1n) is 5.78. The number of hydrogen-bond donors (Lipinski definition) is 1. The van der Waals surface area contributed by atoms with Gasteiger partial charge >= 0.3 is 0 Å². The van der Waals surface area contributed by atoms with Crippen LogP contribution in [-0.2, 0) is 5.75 Å². The van der Waals surface area contributed by atoms with Crippen molar-refractivity contribution in [2.24, 2.45) is 0 Å².